The van der Waals surface area contributed by atoms with E-state index in [0.29, 0.717) is 29.1 Å². The highest BCUT2D eigenvalue weighted by Gasteiger charge is 2.51. The average molecular weight is 499 g/mol. The number of hydrogen-bond donors (Lipinski definition) is 3. The van der Waals surface area contributed by atoms with Crippen LogP contribution >= 0.6 is 0 Å². The van der Waals surface area contributed by atoms with Gasteiger partial charge in [-0.25, -0.2) is 0 Å². The van der Waals surface area contributed by atoms with E-state index < -0.39 is 0 Å². The Bertz CT molecular complexity index is 1200. The minimum Gasteiger partial charge on any atom is -0.508 e. The fraction of sp³-hybridized carbons (Fsp3) is 0.471. The molecule has 2 aliphatic rings. The number of hydrogen-bond acceptors (Lipinski definition) is 3. The van der Waals surface area contributed by atoms with Crippen LogP contribution in [0.15, 0.2) is 60.7 Å². The van der Waals surface area contributed by atoms with Gasteiger partial charge in [-0.1, -0.05) is 38.1 Å². The summed E-state index contributed by atoms with van der Waals surface area (Å²) in [5.41, 5.74) is 6.21. The molecule has 0 aliphatic heterocycles. The topological polar surface area (TPSA) is 60.7 Å². The Morgan fingerprint density at radius 2 is 1.16 bits per heavy atom. The van der Waals surface area contributed by atoms with Crippen molar-refractivity contribution in [2.45, 2.75) is 83.5 Å². The lowest BCUT2D eigenvalue weighted by Crippen LogP contribution is -2.48. The Morgan fingerprint density at radius 3 is 1.65 bits per heavy atom. The van der Waals surface area contributed by atoms with Gasteiger partial charge < -0.3 is 15.3 Å². The van der Waals surface area contributed by atoms with E-state index in [1.54, 1.807) is 0 Å². The minimum atomic E-state index is -0.145. The molecule has 2 saturated carbocycles. The molecule has 3 N–H and O–H groups in total. The first kappa shape index (κ1) is 25.7. The van der Waals surface area contributed by atoms with Crippen LogP contribution in [0.3, 0.4) is 0 Å². The maximum atomic E-state index is 10.2. The molecule has 0 amide bonds. The van der Waals surface area contributed by atoms with Crippen molar-refractivity contribution in [3.8, 4) is 17.2 Å². The molecule has 5 rings (SSSR count). The van der Waals surface area contributed by atoms with Crippen LogP contribution in [0.4, 0.5) is 0 Å². The lowest BCUT2D eigenvalue weighted by molar-refractivity contribution is 0.0594. The summed E-state index contributed by atoms with van der Waals surface area (Å²) >= 11 is 0. The molecule has 37 heavy (non-hydrogen) atoms. The number of aromatic hydroxyl groups is 3. The third-order valence-electron chi connectivity index (χ3n) is 10.1. The van der Waals surface area contributed by atoms with Crippen LogP contribution in [0.1, 0.15) is 86.6 Å². The molecule has 3 atom stereocenters. The summed E-state index contributed by atoms with van der Waals surface area (Å²) in [5, 5.41) is 30.4. The second kappa shape index (κ2) is 9.74. The lowest BCUT2D eigenvalue weighted by atomic mass is 9.50. The summed E-state index contributed by atoms with van der Waals surface area (Å²) in [5.74, 6) is 2.87. The molecule has 3 nitrogen and oxygen atoms in total. The molecule has 3 aromatic carbocycles. The molecule has 2 fully saturated rings. The maximum Gasteiger partial charge on any atom is 0.115 e. The molecule has 3 aromatic rings. The first-order chi connectivity index (χ1) is 17.7. The number of phenols is 3. The highest BCUT2D eigenvalue weighted by atomic mass is 16.3. The van der Waals surface area contributed by atoms with E-state index in [0.717, 1.165) is 42.7 Å². The van der Waals surface area contributed by atoms with E-state index in [-0.39, 0.29) is 10.8 Å². The summed E-state index contributed by atoms with van der Waals surface area (Å²) in [4.78, 5) is 0. The van der Waals surface area contributed by atoms with Gasteiger partial charge in [0.25, 0.3) is 0 Å². The fourth-order valence-corrected chi connectivity index (χ4v) is 8.39. The highest BCUT2D eigenvalue weighted by Crippen LogP contribution is 2.58. The second-order valence-corrected chi connectivity index (χ2v) is 12.2. The Balaban J connectivity index is 1.57. The first-order valence-corrected chi connectivity index (χ1v) is 14.1. The van der Waals surface area contributed by atoms with Crippen molar-refractivity contribution in [1.82, 2.24) is 0 Å². The normalized spacial score (nSPS) is 26.2. The zero-order valence-electron chi connectivity index (χ0n) is 22.8. The van der Waals surface area contributed by atoms with Gasteiger partial charge in [0, 0.05) is 10.8 Å². The molecule has 0 spiro atoms. The molecular formula is C34H42O3. The SMILES string of the molecule is Cc1cc(O)ccc1C1(c2ccc(O)cc2C)CCC(C2(c3ccc(O)cc3)CCC(C)CC2C)CC1. The fourth-order valence-electron chi connectivity index (χ4n) is 8.39. The first-order valence-electron chi connectivity index (χ1n) is 14.1. The third-order valence-corrected chi connectivity index (χ3v) is 10.1. The Kier molecular flexibility index (Phi) is 6.77. The molecule has 0 bridgehead atoms. The van der Waals surface area contributed by atoms with Gasteiger partial charge in [0.2, 0.25) is 0 Å². The Morgan fingerprint density at radius 1 is 0.649 bits per heavy atom. The van der Waals surface area contributed by atoms with Gasteiger partial charge >= 0.3 is 0 Å². The van der Waals surface area contributed by atoms with E-state index in [1.165, 1.54) is 36.0 Å². The summed E-state index contributed by atoms with van der Waals surface area (Å²) in [6.07, 6.45) is 8.03. The molecule has 0 radical (unpaired) electrons. The Hall–Kier alpha value is -2.94. The van der Waals surface area contributed by atoms with Crippen molar-refractivity contribution in [2.24, 2.45) is 17.8 Å². The summed E-state index contributed by atoms with van der Waals surface area (Å²) in [6.45, 7) is 9.07. The van der Waals surface area contributed by atoms with Crippen LogP contribution in [0.2, 0.25) is 0 Å². The molecule has 0 heterocycles. The molecular weight excluding hydrogens is 456 g/mol. The van der Waals surface area contributed by atoms with Crippen molar-refractivity contribution in [2.75, 3.05) is 0 Å². The summed E-state index contributed by atoms with van der Waals surface area (Å²) < 4.78 is 0. The predicted molar refractivity (Wildman–Crippen MR) is 150 cm³/mol. The molecule has 3 unspecified atom stereocenters. The highest BCUT2D eigenvalue weighted by molar-refractivity contribution is 5.50. The summed E-state index contributed by atoms with van der Waals surface area (Å²) in [7, 11) is 0. The lowest BCUT2D eigenvalue weighted by Gasteiger charge is -2.54. The number of rotatable bonds is 4. The van der Waals surface area contributed by atoms with Crippen LogP contribution < -0.4 is 0 Å². The monoisotopic (exact) mass is 498 g/mol. The van der Waals surface area contributed by atoms with Gasteiger partial charge in [-0.3, -0.25) is 0 Å². The molecule has 3 heteroatoms. The quantitative estimate of drug-likeness (QED) is 0.339. The van der Waals surface area contributed by atoms with Crippen molar-refractivity contribution >= 4 is 0 Å². The summed E-state index contributed by atoms with van der Waals surface area (Å²) in [6, 6.07) is 19.8. The van der Waals surface area contributed by atoms with Crippen LogP contribution in [0.5, 0.6) is 17.2 Å². The number of benzene rings is 3. The molecule has 2 aliphatic carbocycles. The van der Waals surface area contributed by atoms with E-state index in [9.17, 15) is 15.3 Å². The number of aryl methyl sites for hydroxylation is 2. The largest absolute Gasteiger partial charge is 0.508 e. The molecule has 0 aromatic heterocycles. The van der Waals surface area contributed by atoms with Crippen LogP contribution in [-0.4, -0.2) is 15.3 Å². The standard InChI is InChI=1S/C34H42O3/c1-22-13-18-34(25(4)19-22,26-5-7-28(35)8-6-26)27-14-16-33(17-15-27,31-11-9-29(36)20-23(31)2)32-12-10-30(37)21-24(32)3/h5-12,20-22,25,27,35-37H,13-19H2,1-4H3. The van der Waals surface area contributed by atoms with Gasteiger partial charge in [0.1, 0.15) is 17.2 Å². The van der Waals surface area contributed by atoms with E-state index >= 15 is 0 Å². The maximum absolute atomic E-state index is 10.2. The molecule has 0 saturated heterocycles. The van der Waals surface area contributed by atoms with E-state index in [1.807, 2.05) is 36.4 Å². The van der Waals surface area contributed by atoms with Crippen LogP contribution in [0, 0.1) is 31.6 Å². The van der Waals surface area contributed by atoms with Gasteiger partial charge in [0.05, 0.1) is 0 Å². The van der Waals surface area contributed by atoms with Gasteiger partial charge in [-0.15, -0.1) is 0 Å². The minimum absolute atomic E-state index is 0.125. The van der Waals surface area contributed by atoms with E-state index in [2.05, 4.69) is 52.0 Å². The Labute approximate surface area is 222 Å². The third kappa shape index (κ3) is 4.41. The average Bonchev–Trinajstić information content (AvgIpc) is 2.85. The van der Waals surface area contributed by atoms with E-state index in [4.69, 9.17) is 0 Å². The number of phenolic OH excluding ortho intramolecular Hbond substituents is 3. The van der Waals surface area contributed by atoms with Crippen molar-refractivity contribution < 1.29 is 15.3 Å². The zero-order valence-corrected chi connectivity index (χ0v) is 22.8. The van der Waals surface area contributed by atoms with Gasteiger partial charge in [-0.2, -0.15) is 0 Å². The predicted octanol–water partition coefficient (Wildman–Crippen LogP) is 8.29. The van der Waals surface area contributed by atoms with Gasteiger partial charge in [0.15, 0.2) is 0 Å². The second-order valence-electron chi connectivity index (χ2n) is 12.2. The van der Waals surface area contributed by atoms with Crippen LogP contribution in [-0.2, 0) is 10.8 Å². The van der Waals surface area contributed by atoms with Gasteiger partial charge in [-0.05, 0) is 141 Å². The smallest absolute Gasteiger partial charge is 0.115 e. The van der Waals surface area contributed by atoms with Crippen molar-refractivity contribution in [1.29, 1.82) is 0 Å². The van der Waals surface area contributed by atoms with Crippen LogP contribution in [0.25, 0.3) is 0 Å². The zero-order chi connectivity index (χ0) is 26.4. The van der Waals surface area contributed by atoms with Crippen molar-refractivity contribution in [3.05, 3.63) is 88.5 Å². The molecule has 196 valence electrons. The van der Waals surface area contributed by atoms with Crippen molar-refractivity contribution in [3.63, 3.8) is 0 Å².